The Labute approximate surface area is 190 Å². The van der Waals surface area contributed by atoms with Gasteiger partial charge in [-0.3, -0.25) is 24.7 Å². The highest BCUT2D eigenvalue weighted by molar-refractivity contribution is 7.22. The first-order valence-electron chi connectivity index (χ1n) is 9.84. The predicted octanol–water partition coefficient (Wildman–Crippen LogP) is 4.00. The van der Waals surface area contributed by atoms with E-state index in [4.69, 9.17) is 4.74 Å². The van der Waals surface area contributed by atoms with Gasteiger partial charge < -0.3 is 4.74 Å². The second-order valence-corrected chi connectivity index (χ2v) is 8.05. The Balaban J connectivity index is 0.00000272. The van der Waals surface area contributed by atoms with Gasteiger partial charge in [0.1, 0.15) is 0 Å². The van der Waals surface area contributed by atoms with E-state index in [9.17, 15) is 14.9 Å². The quantitative estimate of drug-likeness (QED) is 0.389. The maximum atomic E-state index is 13.3. The molecule has 2 aromatic carbocycles. The molecule has 1 fully saturated rings. The maximum Gasteiger partial charge on any atom is 0.270 e. The smallest absolute Gasteiger partial charge is 0.270 e. The minimum atomic E-state index is -0.489. The predicted molar refractivity (Wildman–Crippen MR) is 124 cm³/mol. The van der Waals surface area contributed by atoms with Gasteiger partial charge >= 0.3 is 0 Å². The van der Waals surface area contributed by atoms with Crippen LogP contribution in [0.2, 0.25) is 0 Å². The van der Waals surface area contributed by atoms with Gasteiger partial charge in [-0.2, -0.15) is 0 Å². The molecule has 4 rings (SSSR count). The zero-order chi connectivity index (χ0) is 20.9. The highest BCUT2D eigenvalue weighted by atomic mass is 35.5. The number of non-ortho nitro benzene ring substituents is 1. The molecule has 31 heavy (non-hydrogen) atoms. The SMILES string of the molecule is Cl.O=C(c1cccc([N+](=O)[O-])c1)N(CCCN1CCOCC1)c1nc2ccccc2s1. The molecule has 0 radical (unpaired) electrons. The van der Waals surface area contributed by atoms with Crippen LogP contribution in [-0.4, -0.2) is 60.1 Å². The number of hydrogen-bond acceptors (Lipinski definition) is 7. The molecule has 0 unspecified atom stereocenters. The Morgan fingerprint density at radius 3 is 2.71 bits per heavy atom. The van der Waals surface area contributed by atoms with Crippen molar-refractivity contribution in [2.24, 2.45) is 0 Å². The fourth-order valence-corrected chi connectivity index (χ4v) is 4.44. The summed E-state index contributed by atoms with van der Waals surface area (Å²) in [4.78, 5) is 32.6. The highest BCUT2D eigenvalue weighted by Gasteiger charge is 2.23. The summed E-state index contributed by atoms with van der Waals surface area (Å²) in [5.74, 6) is -0.278. The van der Waals surface area contributed by atoms with Crippen LogP contribution in [0.15, 0.2) is 48.5 Å². The minimum absolute atomic E-state index is 0. The number of fused-ring (bicyclic) bond motifs is 1. The van der Waals surface area contributed by atoms with E-state index in [1.165, 1.54) is 29.5 Å². The number of thiazole rings is 1. The van der Waals surface area contributed by atoms with E-state index in [2.05, 4.69) is 9.88 Å². The van der Waals surface area contributed by atoms with Crippen LogP contribution in [0.4, 0.5) is 10.8 Å². The van der Waals surface area contributed by atoms with Crippen LogP contribution in [-0.2, 0) is 4.74 Å². The molecule has 164 valence electrons. The fourth-order valence-electron chi connectivity index (χ4n) is 3.45. The first-order valence-corrected chi connectivity index (χ1v) is 10.7. The van der Waals surface area contributed by atoms with E-state index in [1.807, 2.05) is 24.3 Å². The van der Waals surface area contributed by atoms with Crippen molar-refractivity contribution in [1.29, 1.82) is 0 Å². The Morgan fingerprint density at radius 2 is 1.97 bits per heavy atom. The molecule has 0 N–H and O–H groups in total. The van der Waals surface area contributed by atoms with Crippen molar-refractivity contribution >= 4 is 50.7 Å². The van der Waals surface area contributed by atoms with E-state index in [0.29, 0.717) is 11.7 Å². The third-order valence-electron chi connectivity index (χ3n) is 5.02. The van der Waals surface area contributed by atoms with E-state index in [1.54, 1.807) is 11.0 Å². The lowest BCUT2D eigenvalue weighted by atomic mass is 10.1. The highest BCUT2D eigenvalue weighted by Crippen LogP contribution is 2.30. The maximum absolute atomic E-state index is 13.3. The van der Waals surface area contributed by atoms with Crippen LogP contribution >= 0.6 is 23.7 Å². The molecule has 0 bridgehead atoms. The zero-order valence-corrected chi connectivity index (χ0v) is 18.4. The number of nitrogens with zero attached hydrogens (tertiary/aromatic N) is 4. The van der Waals surface area contributed by atoms with Gasteiger partial charge in [0.05, 0.1) is 28.4 Å². The lowest BCUT2D eigenvalue weighted by Gasteiger charge is -2.27. The Morgan fingerprint density at radius 1 is 1.19 bits per heavy atom. The van der Waals surface area contributed by atoms with Crippen molar-refractivity contribution < 1.29 is 14.5 Å². The lowest BCUT2D eigenvalue weighted by molar-refractivity contribution is -0.384. The van der Waals surface area contributed by atoms with E-state index < -0.39 is 4.92 Å². The van der Waals surface area contributed by atoms with Gasteiger partial charge in [0.15, 0.2) is 5.13 Å². The van der Waals surface area contributed by atoms with Crippen LogP contribution in [0.1, 0.15) is 16.8 Å². The molecule has 3 aromatic rings. The summed E-state index contributed by atoms with van der Waals surface area (Å²) < 4.78 is 6.38. The number of aromatic nitrogens is 1. The number of amides is 1. The average Bonchev–Trinajstić information content (AvgIpc) is 3.21. The van der Waals surface area contributed by atoms with Crippen molar-refractivity contribution in [2.45, 2.75) is 6.42 Å². The Bertz CT molecular complexity index is 1020. The third-order valence-corrected chi connectivity index (χ3v) is 6.08. The molecule has 1 aliphatic rings. The van der Waals surface area contributed by atoms with Gasteiger partial charge in [-0.25, -0.2) is 4.98 Å². The van der Waals surface area contributed by atoms with Gasteiger partial charge in [-0.1, -0.05) is 29.5 Å². The number of anilines is 1. The molecule has 1 aromatic heterocycles. The molecule has 8 nitrogen and oxygen atoms in total. The van der Waals surface area contributed by atoms with Crippen LogP contribution in [0.5, 0.6) is 0 Å². The van der Waals surface area contributed by atoms with Crippen molar-refractivity contribution in [3.8, 4) is 0 Å². The molecule has 2 heterocycles. The largest absolute Gasteiger partial charge is 0.379 e. The lowest BCUT2D eigenvalue weighted by Crippen LogP contribution is -2.39. The van der Waals surface area contributed by atoms with E-state index in [-0.39, 0.29) is 29.6 Å². The summed E-state index contributed by atoms with van der Waals surface area (Å²) in [6.07, 6.45) is 0.774. The number of halogens is 1. The number of hydrogen-bond donors (Lipinski definition) is 0. The third kappa shape index (κ3) is 5.56. The standard InChI is InChI=1S/C21H22N4O4S.ClH/c26-20(16-5-3-6-17(15-16)25(27)28)24(10-4-9-23-11-13-29-14-12-23)21-22-18-7-1-2-8-19(18)30-21;/h1-3,5-8,15H,4,9-14H2;1H. The normalized spacial score (nSPS) is 14.2. The number of nitro groups is 1. The summed E-state index contributed by atoms with van der Waals surface area (Å²) in [5, 5.41) is 11.7. The van der Waals surface area contributed by atoms with E-state index in [0.717, 1.165) is 49.5 Å². The number of rotatable bonds is 7. The second kappa shape index (κ2) is 10.6. The number of benzene rings is 2. The molecule has 0 spiro atoms. The molecule has 1 saturated heterocycles. The summed E-state index contributed by atoms with van der Waals surface area (Å²) >= 11 is 1.45. The van der Waals surface area contributed by atoms with Crippen LogP contribution in [0.3, 0.4) is 0 Å². The molecule has 1 amide bonds. The van der Waals surface area contributed by atoms with Gasteiger partial charge in [0.2, 0.25) is 0 Å². The summed E-state index contributed by atoms with van der Waals surface area (Å²) in [5.41, 5.74) is 1.02. The molecule has 0 saturated carbocycles. The van der Waals surface area contributed by atoms with Crippen molar-refractivity contribution in [3.05, 3.63) is 64.2 Å². The van der Waals surface area contributed by atoms with Crippen LogP contribution in [0.25, 0.3) is 10.2 Å². The number of nitro benzene ring substituents is 1. The zero-order valence-electron chi connectivity index (χ0n) is 16.8. The van der Waals surface area contributed by atoms with Crippen molar-refractivity contribution in [1.82, 2.24) is 9.88 Å². The number of para-hydroxylation sites is 1. The van der Waals surface area contributed by atoms with Gasteiger partial charge in [0.25, 0.3) is 11.6 Å². The van der Waals surface area contributed by atoms with Gasteiger partial charge in [-0.05, 0) is 24.6 Å². The topological polar surface area (TPSA) is 88.8 Å². The van der Waals surface area contributed by atoms with Crippen molar-refractivity contribution in [3.63, 3.8) is 0 Å². The number of carbonyl (C=O) groups is 1. The summed E-state index contributed by atoms with van der Waals surface area (Å²) in [6.45, 7) is 4.58. The van der Waals surface area contributed by atoms with Crippen LogP contribution < -0.4 is 4.90 Å². The molecule has 1 aliphatic heterocycles. The fraction of sp³-hybridized carbons (Fsp3) is 0.333. The minimum Gasteiger partial charge on any atom is -0.379 e. The molecule has 10 heteroatoms. The van der Waals surface area contributed by atoms with Crippen LogP contribution in [0, 0.1) is 10.1 Å². The summed E-state index contributed by atoms with van der Waals surface area (Å²) in [6, 6.07) is 13.6. The number of carbonyl (C=O) groups excluding carboxylic acids is 1. The summed E-state index contributed by atoms with van der Waals surface area (Å²) in [7, 11) is 0. The Hall–Kier alpha value is -2.59. The monoisotopic (exact) mass is 462 g/mol. The van der Waals surface area contributed by atoms with Gasteiger partial charge in [0, 0.05) is 43.9 Å². The Kier molecular flexibility index (Phi) is 7.91. The van der Waals surface area contributed by atoms with E-state index >= 15 is 0 Å². The average molecular weight is 463 g/mol. The molecular formula is C21H23ClN4O4S. The molecule has 0 atom stereocenters. The van der Waals surface area contributed by atoms with Crippen molar-refractivity contribution in [2.75, 3.05) is 44.3 Å². The second-order valence-electron chi connectivity index (χ2n) is 7.04. The number of morpholine rings is 1. The molecule has 0 aliphatic carbocycles. The first-order chi connectivity index (χ1) is 14.6. The first kappa shape index (κ1) is 23.1. The molecular weight excluding hydrogens is 440 g/mol. The number of ether oxygens (including phenoxy) is 1. The van der Waals surface area contributed by atoms with Gasteiger partial charge in [-0.15, -0.1) is 12.4 Å².